The molecule has 0 saturated heterocycles. The van der Waals surface area contributed by atoms with Gasteiger partial charge in [0.25, 0.3) is 5.91 Å². The van der Waals surface area contributed by atoms with Crippen LogP contribution < -0.4 is 11.1 Å². The van der Waals surface area contributed by atoms with Gasteiger partial charge >= 0.3 is 6.18 Å². The summed E-state index contributed by atoms with van der Waals surface area (Å²) < 4.78 is 55.4. The maximum atomic E-state index is 14.1. The molecule has 0 aliphatic heterocycles. The van der Waals surface area contributed by atoms with E-state index in [1.165, 1.54) is 23.5 Å². The van der Waals surface area contributed by atoms with Gasteiger partial charge in [-0.2, -0.15) is 24.5 Å². The van der Waals surface area contributed by atoms with E-state index < -0.39 is 35.1 Å². The van der Waals surface area contributed by atoms with Crippen LogP contribution in [0.2, 0.25) is 0 Å². The summed E-state index contributed by atoms with van der Waals surface area (Å²) in [5, 5.41) is 6.16. The standard InChI is InChI=1S/C23H27F4N3O2S/c1-30(2)16(9-14-3-4-17(21(28)32)19(24)10-14)12-29-20(31)11-18(15-5-8-33-13-15)22(6-7-22)23(25,26)27/h3-5,8,10,13,16,18H,6-7,9,11-12H2,1-2H3,(H2,28,32)(H,29,31)/t16-,18+/m0/s1. The van der Waals surface area contributed by atoms with E-state index in [1.807, 2.05) is 4.90 Å². The van der Waals surface area contributed by atoms with Gasteiger partial charge in [0.05, 0.1) is 11.0 Å². The molecule has 3 N–H and O–H groups in total. The molecule has 33 heavy (non-hydrogen) atoms. The molecule has 0 spiro atoms. The van der Waals surface area contributed by atoms with E-state index in [4.69, 9.17) is 5.73 Å². The summed E-state index contributed by atoms with van der Waals surface area (Å²) in [5.41, 5.74) is 4.23. The first-order valence-corrected chi connectivity index (χ1v) is 11.5. The zero-order chi connectivity index (χ0) is 24.4. The third-order valence-electron chi connectivity index (χ3n) is 6.39. The quantitative estimate of drug-likeness (QED) is 0.498. The zero-order valence-electron chi connectivity index (χ0n) is 18.4. The number of primary amides is 1. The molecule has 1 aromatic heterocycles. The number of alkyl halides is 3. The fraction of sp³-hybridized carbons (Fsp3) is 0.478. The fourth-order valence-corrected chi connectivity index (χ4v) is 4.87. The van der Waals surface area contributed by atoms with Crippen LogP contribution in [0, 0.1) is 11.2 Å². The molecule has 1 aliphatic rings. The lowest BCUT2D eigenvalue weighted by Gasteiger charge is -2.29. The van der Waals surface area contributed by atoms with Gasteiger partial charge in [-0.1, -0.05) is 6.07 Å². The molecule has 180 valence electrons. The Morgan fingerprint density at radius 2 is 1.94 bits per heavy atom. The van der Waals surface area contributed by atoms with Crippen LogP contribution >= 0.6 is 11.3 Å². The molecule has 3 rings (SSSR count). The van der Waals surface area contributed by atoms with Gasteiger partial charge in [0.15, 0.2) is 0 Å². The first-order chi connectivity index (χ1) is 15.4. The van der Waals surface area contributed by atoms with Gasteiger partial charge in [-0.05, 0) is 73.4 Å². The second-order valence-electron chi connectivity index (χ2n) is 8.77. The van der Waals surface area contributed by atoms with E-state index in [9.17, 15) is 27.2 Å². The predicted octanol–water partition coefficient (Wildman–Crippen LogP) is 4.09. The van der Waals surface area contributed by atoms with Crippen LogP contribution in [0.3, 0.4) is 0 Å². The number of hydrogen-bond acceptors (Lipinski definition) is 4. The summed E-state index contributed by atoms with van der Waals surface area (Å²) in [6, 6.07) is 5.56. The summed E-state index contributed by atoms with van der Waals surface area (Å²) in [4.78, 5) is 25.7. The minimum atomic E-state index is -4.37. The lowest BCUT2D eigenvalue weighted by Crippen LogP contribution is -2.42. The molecule has 0 radical (unpaired) electrons. The number of nitrogens with zero attached hydrogens (tertiary/aromatic N) is 1. The molecular weight excluding hydrogens is 458 g/mol. The molecule has 1 fully saturated rings. The van der Waals surface area contributed by atoms with Crippen LogP contribution in [0.5, 0.6) is 0 Å². The smallest absolute Gasteiger partial charge is 0.366 e. The Bertz CT molecular complexity index is 988. The summed E-state index contributed by atoms with van der Waals surface area (Å²) in [7, 11) is 3.59. The van der Waals surface area contributed by atoms with E-state index in [0.29, 0.717) is 17.5 Å². The zero-order valence-corrected chi connectivity index (χ0v) is 19.2. The molecule has 1 heterocycles. The number of likely N-dealkylation sites (N-methyl/N-ethyl adjacent to an activating group) is 1. The molecule has 10 heteroatoms. The van der Waals surface area contributed by atoms with Gasteiger partial charge in [0, 0.05) is 24.9 Å². The van der Waals surface area contributed by atoms with Crippen molar-refractivity contribution in [1.82, 2.24) is 10.2 Å². The second kappa shape index (κ2) is 9.80. The van der Waals surface area contributed by atoms with Crippen molar-refractivity contribution in [2.75, 3.05) is 20.6 Å². The number of amides is 2. The average molecular weight is 486 g/mol. The van der Waals surface area contributed by atoms with E-state index in [2.05, 4.69) is 5.32 Å². The number of nitrogens with one attached hydrogen (secondary N) is 1. The Labute approximate surface area is 194 Å². The largest absolute Gasteiger partial charge is 0.395 e. The normalized spacial score (nSPS) is 16.9. The van der Waals surface area contributed by atoms with Crippen molar-refractivity contribution in [2.45, 2.75) is 43.8 Å². The van der Waals surface area contributed by atoms with Crippen molar-refractivity contribution in [2.24, 2.45) is 11.1 Å². The van der Waals surface area contributed by atoms with Crippen LogP contribution in [0.15, 0.2) is 35.0 Å². The number of nitrogens with two attached hydrogens (primary N) is 1. The van der Waals surface area contributed by atoms with Crippen molar-refractivity contribution in [1.29, 1.82) is 0 Å². The van der Waals surface area contributed by atoms with Gasteiger partial charge in [-0.25, -0.2) is 4.39 Å². The maximum absolute atomic E-state index is 14.1. The fourth-order valence-electron chi connectivity index (χ4n) is 4.15. The van der Waals surface area contributed by atoms with Crippen LogP contribution in [-0.4, -0.2) is 49.6 Å². The molecule has 2 aromatic rings. The Balaban J connectivity index is 1.66. The molecule has 1 saturated carbocycles. The first-order valence-electron chi connectivity index (χ1n) is 10.5. The van der Waals surface area contributed by atoms with E-state index >= 15 is 0 Å². The van der Waals surface area contributed by atoms with Gasteiger partial charge < -0.3 is 16.0 Å². The van der Waals surface area contributed by atoms with E-state index in [1.54, 1.807) is 37.0 Å². The second-order valence-corrected chi connectivity index (χ2v) is 9.55. The van der Waals surface area contributed by atoms with E-state index in [-0.39, 0.29) is 37.4 Å². The molecular formula is C23H27F4N3O2S. The van der Waals surface area contributed by atoms with Gasteiger partial charge in [0.1, 0.15) is 5.82 Å². The number of halogens is 4. The van der Waals surface area contributed by atoms with Crippen LogP contribution in [-0.2, 0) is 11.2 Å². The van der Waals surface area contributed by atoms with Gasteiger partial charge in [-0.15, -0.1) is 0 Å². The van der Waals surface area contributed by atoms with Crippen molar-refractivity contribution in [3.63, 3.8) is 0 Å². The number of rotatable bonds is 10. The lowest BCUT2D eigenvalue weighted by atomic mass is 9.81. The highest BCUT2D eigenvalue weighted by Crippen LogP contribution is 2.66. The Morgan fingerprint density at radius 3 is 2.42 bits per heavy atom. The van der Waals surface area contributed by atoms with Crippen LogP contribution in [0.4, 0.5) is 17.6 Å². The SMILES string of the molecule is CN(C)[C@H](CNC(=O)C[C@H](c1ccsc1)C1(C(F)(F)F)CC1)Cc1ccc(C(N)=O)c(F)c1. The molecule has 2 amide bonds. The minimum absolute atomic E-state index is 0.0253. The average Bonchev–Trinajstić information content (AvgIpc) is 3.36. The molecule has 0 bridgehead atoms. The summed E-state index contributed by atoms with van der Waals surface area (Å²) in [6.45, 7) is 0.181. The summed E-state index contributed by atoms with van der Waals surface area (Å²) in [5.74, 6) is -2.95. The Kier molecular flexibility index (Phi) is 7.48. The maximum Gasteiger partial charge on any atom is 0.395 e. The highest BCUT2D eigenvalue weighted by Gasteiger charge is 2.67. The first kappa shape index (κ1) is 25.2. The molecule has 2 atom stereocenters. The number of thiophene rings is 1. The van der Waals surface area contributed by atoms with Crippen molar-refractivity contribution in [3.05, 3.63) is 57.5 Å². The molecule has 1 aliphatic carbocycles. The number of hydrogen-bond donors (Lipinski definition) is 2. The number of carbonyl (C=O) groups excluding carboxylic acids is 2. The number of carbonyl (C=O) groups is 2. The predicted molar refractivity (Wildman–Crippen MR) is 119 cm³/mol. The van der Waals surface area contributed by atoms with Crippen LogP contribution in [0.25, 0.3) is 0 Å². The summed E-state index contributed by atoms with van der Waals surface area (Å²) >= 11 is 1.31. The molecule has 5 nitrogen and oxygen atoms in total. The van der Waals surface area contributed by atoms with Crippen molar-refractivity contribution < 1.29 is 27.2 Å². The third kappa shape index (κ3) is 5.73. The Hall–Kier alpha value is -2.46. The van der Waals surface area contributed by atoms with Gasteiger partial charge in [-0.3, -0.25) is 9.59 Å². The minimum Gasteiger partial charge on any atom is -0.366 e. The lowest BCUT2D eigenvalue weighted by molar-refractivity contribution is -0.194. The monoisotopic (exact) mass is 485 g/mol. The molecule has 0 unspecified atom stereocenters. The Morgan fingerprint density at radius 1 is 1.24 bits per heavy atom. The van der Waals surface area contributed by atoms with Crippen molar-refractivity contribution in [3.8, 4) is 0 Å². The van der Waals surface area contributed by atoms with Crippen molar-refractivity contribution >= 4 is 23.2 Å². The summed E-state index contributed by atoms with van der Waals surface area (Å²) in [6.07, 6.45) is -4.20. The number of benzene rings is 1. The van der Waals surface area contributed by atoms with Gasteiger partial charge in [0.2, 0.25) is 5.91 Å². The third-order valence-corrected chi connectivity index (χ3v) is 7.09. The highest BCUT2D eigenvalue weighted by molar-refractivity contribution is 7.08. The highest BCUT2D eigenvalue weighted by atomic mass is 32.1. The topological polar surface area (TPSA) is 75.4 Å². The van der Waals surface area contributed by atoms with Crippen LogP contribution in [0.1, 0.15) is 46.7 Å². The molecule has 1 aromatic carbocycles. The van der Waals surface area contributed by atoms with E-state index in [0.717, 1.165) is 0 Å².